The highest BCUT2D eigenvalue weighted by molar-refractivity contribution is 7.09. The monoisotopic (exact) mass is 409 g/mol. The Kier molecular flexibility index (Phi) is 5.15. The molecule has 0 aromatic carbocycles. The first-order chi connectivity index (χ1) is 13.4. The van der Waals surface area contributed by atoms with Crippen LogP contribution in [0.2, 0.25) is 0 Å². The van der Waals surface area contributed by atoms with Gasteiger partial charge in [-0.1, -0.05) is 5.16 Å². The number of piperidine rings is 1. The number of aryl methyl sites for hydroxylation is 1. The van der Waals surface area contributed by atoms with E-state index in [1.807, 2.05) is 18.5 Å². The Morgan fingerprint density at radius 3 is 2.79 bits per heavy atom. The molecule has 28 heavy (non-hydrogen) atoms. The first kappa shape index (κ1) is 19.0. The maximum atomic E-state index is 12.6. The molecule has 1 aliphatic heterocycles. The molecule has 1 saturated heterocycles. The third-order valence-corrected chi connectivity index (χ3v) is 5.77. The molecular formula is C18H18F3N5OS. The molecule has 0 radical (unpaired) electrons. The Balaban J connectivity index is 1.44. The Labute approximate surface area is 163 Å². The quantitative estimate of drug-likeness (QED) is 0.640. The Bertz CT molecular complexity index is 937. The fraction of sp³-hybridized carbons (Fsp3) is 0.444. The molecule has 0 bridgehead atoms. The van der Waals surface area contributed by atoms with Crippen LogP contribution in [0.25, 0.3) is 11.4 Å². The average Bonchev–Trinajstić information content (AvgIpc) is 3.32. The molecule has 0 amide bonds. The van der Waals surface area contributed by atoms with Crippen molar-refractivity contribution in [3.63, 3.8) is 0 Å². The zero-order valence-corrected chi connectivity index (χ0v) is 15.9. The zero-order valence-electron chi connectivity index (χ0n) is 15.1. The number of rotatable bonds is 4. The molecular weight excluding hydrogens is 391 g/mol. The molecule has 0 N–H and O–H groups in total. The molecule has 0 saturated carbocycles. The van der Waals surface area contributed by atoms with Crippen molar-refractivity contribution in [2.24, 2.45) is 0 Å². The van der Waals surface area contributed by atoms with Gasteiger partial charge in [-0.05, 0) is 38.4 Å². The van der Waals surface area contributed by atoms with Crippen LogP contribution in [-0.2, 0) is 12.7 Å². The van der Waals surface area contributed by atoms with Gasteiger partial charge in [-0.15, -0.1) is 11.3 Å². The van der Waals surface area contributed by atoms with Crippen LogP contribution in [0.4, 0.5) is 13.2 Å². The average molecular weight is 409 g/mol. The number of likely N-dealkylation sites (tertiary alicyclic amines) is 1. The van der Waals surface area contributed by atoms with Gasteiger partial charge in [0.1, 0.15) is 0 Å². The second-order valence-electron chi connectivity index (χ2n) is 6.83. The van der Waals surface area contributed by atoms with E-state index in [1.54, 1.807) is 17.4 Å². The number of pyridine rings is 1. The summed E-state index contributed by atoms with van der Waals surface area (Å²) >= 11 is 1.67. The van der Waals surface area contributed by atoms with Gasteiger partial charge in [0.2, 0.25) is 5.82 Å². The second-order valence-corrected chi connectivity index (χ2v) is 7.77. The Hall–Kier alpha value is -2.33. The SMILES string of the molecule is Cc1ncsc1CN1CCC[C@H](c2ccc(-c3noc(C(F)(F)F)n3)cn2)C1. The molecule has 0 aliphatic carbocycles. The molecule has 0 unspecified atom stereocenters. The number of halogens is 3. The van der Waals surface area contributed by atoms with E-state index in [1.165, 1.54) is 11.1 Å². The van der Waals surface area contributed by atoms with Crippen molar-refractivity contribution >= 4 is 11.3 Å². The summed E-state index contributed by atoms with van der Waals surface area (Å²) < 4.78 is 42.1. The number of nitrogens with zero attached hydrogens (tertiary/aromatic N) is 5. The first-order valence-electron chi connectivity index (χ1n) is 8.88. The molecule has 0 spiro atoms. The van der Waals surface area contributed by atoms with Crippen molar-refractivity contribution in [3.8, 4) is 11.4 Å². The van der Waals surface area contributed by atoms with Gasteiger partial charge < -0.3 is 4.52 Å². The molecule has 6 nitrogen and oxygen atoms in total. The van der Waals surface area contributed by atoms with Crippen LogP contribution in [-0.4, -0.2) is 38.1 Å². The second kappa shape index (κ2) is 7.59. The van der Waals surface area contributed by atoms with Gasteiger partial charge >= 0.3 is 12.1 Å². The van der Waals surface area contributed by atoms with Crippen LogP contribution in [0.3, 0.4) is 0 Å². The summed E-state index contributed by atoms with van der Waals surface area (Å²) in [5, 5.41) is 3.40. The van der Waals surface area contributed by atoms with E-state index in [4.69, 9.17) is 0 Å². The van der Waals surface area contributed by atoms with Gasteiger partial charge in [-0.2, -0.15) is 18.2 Å². The first-order valence-corrected chi connectivity index (χ1v) is 9.76. The van der Waals surface area contributed by atoms with E-state index in [0.717, 1.165) is 43.9 Å². The number of thiazole rings is 1. The van der Waals surface area contributed by atoms with E-state index >= 15 is 0 Å². The number of aromatic nitrogens is 4. The standard InChI is InChI=1S/C18H18F3N5OS/c1-11-15(28-10-23-11)9-26-6-2-3-13(8-26)14-5-4-12(7-22-14)16-24-17(27-25-16)18(19,20)21/h4-5,7,10,13H,2-3,6,8-9H2,1H3/t13-/m0/s1. The minimum atomic E-state index is -4.65. The maximum Gasteiger partial charge on any atom is 0.471 e. The normalized spacial score (nSPS) is 18.5. The summed E-state index contributed by atoms with van der Waals surface area (Å²) in [5.41, 5.74) is 4.27. The van der Waals surface area contributed by atoms with Gasteiger partial charge in [0.15, 0.2) is 0 Å². The summed E-state index contributed by atoms with van der Waals surface area (Å²) in [5.74, 6) is -1.18. The summed E-state index contributed by atoms with van der Waals surface area (Å²) in [4.78, 5) is 15.8. The smallest absolute Gasteiger partial charge is 0.329 e. The lowest BCUT2D eigenvalue weighted by Gasteiger charge is -2.32. The fourth-order valence-electron chi connectivity index (χ4n) is 3.36. The molecule has 1 aliphatic rings. The lowest BCUT2D eigenvalue weighted by molar-refractivity contribution is -0.159. The van der Waals surface area contributed by atoms with Gasteiger partial charge in [-0.25, -0.2) is 4.98 Å². The molecule has 4 heterocycles. The lowest BCUT2D eigenvalue weighted by Crippen LogP contribution is -2.34. The van der Waals surface area contributed by atoms with Gasteiger partial charge in [-0.3, -0.25) is 9.88 Å². The van der Waals surface area contributed by atoms with Crippen molar-refractivity contribution in [1.29, 1.82) is 0 Å². The van der Waals surface area contributed by atoms with Crippen LogP contribution in [0.1, 0.15) is 40.9 Å². The summed E-state index contributed by atoms with van der Waals surface area (Å²) in [6, 6.07) is 3.53. The molecule has 1 fully saturated rings. The Morgan fingerprint density at radius 2 is 2.14 bits per heavy atom. The third-order valence-electron chi connectivity index (χ3n) is 4.85. The lowest BCUT2D eigenvalue weighted by atomic mass is 9.94. The molecule has 1 atom stereocenters. The predicted molar refractivity (Wildman–Crippen MR) is 96.6 cm³/mol. The van der Waals surface area contributed by atoms with E-state index in [-0.39, 0.29) is 11.7 Å². The molecule has 3 aromatic rings. The topological polar surface area (TPSA) is 67.9 Å². The molecule has 148 valence electrons. The highest BCUT2D eigenvalue weighted by atomic mass is 32.1. The van der Waals surface area contributed by atoms with E-state index in [9.17, 15) is 13.2 Å². The minimum Gasteiger partial charge on any atom is -0.329 e. The Morgan fingerprint density at radius 1 is 1.29 bits per heavy atom. The number of alkyl halides is 3. The van der Waals surface area contributed by atoms with E-state index < -0.39 is 12.1 Å². The van der Waals surface area contributed by atoms with Crippen molar-refractivity contribution in [3.05, 3.63) is 46.0 Å². The van der Waals surface area contributed by atoms with Crippen molar-refractivity contribution in [2.45, 2.75) is 38.4 Å². The minimum absolute atomic E-state index is 0.114. The highest BCUT2D eigenvalue weighted by Gasteiger charge is 2.38. The number of hydrogen-bond donors (Lipinski definition) is 0. The third kappa shape index (κ3) is 4.07. The van der Waals surface area contributed by atoms with Crippen LogP contribution < -0.4 is 0 Å². The van der Waals surface area contributed by atoms with Gasteiger partial charge in [0, 0.05) is 41.3 Å². The van der Waals surface area contributed by atoms with Crippen LogP contribution in [0.5, 0.6) is 0 Å². The zero-order chi connectivity index (χ0) is 19.7. The summed E-state index contributed by atoms with van der Waals surface area (Å²) in [6.45, 7) is 4.84. The van der Waals surface area contributed by atoms with Crippen LogP contribution >= 0.6 is 11.3 Å². The predicted octanol–water partition coefficient (Wildman–Crippen LogP) is 4.29. The largest absolute Gasteiger partial charge is 0.471 e. The molecule has 10 heteroatoms. The van der Waals surface area contributed by atoms with Gasteiger partial charge in [0.25, 0.3) is 0 Å². The molecule has 3 aromatic heterocycles. The maximum absolute atomic E-state index is 12.6. The number of hydrogen-bond acceptors (Lipinski definition) is 7. The van der Waals surface area contributed by atoms with E-state index in [0.29, 0.717) is 5.56 Å². The van der Waals surface area contributed by atoms with Crippen molar-refractivity contribution in [2.75, 3.05) is 13.1 Å². The van der Waals surface area contributed by atoms with Gasteiger partial charge in [0.05, 0.1) is 11.2 Å². The summed E-state index contributed by atoms with van der Waals surface area (Å²) in [6.07, 6.45) is -1.04. The van der Waals surface area contributed by atoms with Crippen LogP contribution in [0.15, 0.2) is 28.4 Å². The molecule has 4 rings (SSSR count). The highest BCUT2D eigenvalue weighted by Crippen LogP contribution is 2.31. The van der Waals surface area contributed by atoms with Crippen LogP contribution in [0, 0.1) is 6.92 Å². The summed E-state index contributed by atoms with van der Waals surface area (Å²) in [7, 11) is 0. The fourth-order valence-corrected chi connectivity index (χ4v) is 4.18. The van der Waals surface area contributed by atoms with Crippen molar-refractivity contribution in [1.82, 2.24) is 25.0 Å². The van der Waals surface area contributed by atoms with Crippen molar-refractivity contribution < 1.29 is 17.7 Å². The van der Waals surface area contributed by atoms with E-state index in [2.05, 4.69) is 29.5 Å².